The Balaban J connectivity index is 0.000000303. The quantitative estimate of drug-likeness (QED) is 0.238. The summed E-state index contributed by atoms with van der Waals surface area (Å²) in [7, 11) is 2.03. The Labute approximate surface area is 238 Å². The summed E-state index contributed by atoms with van der Waals surface area (Å²) in [5.41, 5.74) is 2.69. The molecule has 0 spiro atoms. The molecule has 0 aliphatic rings. The van der Waals surface area contributed by atoms with Crippen LogP contribution in [0.5, 0.6) is 0 Å². The van der Waals surface area contributed by atoms with Crippen molar-refractivity contribution in [2.45, 2.75) is 92.4 Å². The minimum absolute atomic E-state index is 0.123. The van der Waals surface area contributed by atoms with Crippen molar-refractivity contribution in [3.63, 3.8) is 0 Å². The fraction of sp³-hybridized carbons (Fsp3) is 0.485. The molecule has 214 valence electrons. The number of rotatable bonds is 6. The summed E-state index contributed by atoms with van der Waals surface area (Å²) < 4.78 is 2.08. The third-order valence-corrected chi connectivity index (χ3v) is 6.01. The van der Waals surface area contributed by atoms with Crippen LogP contribution in [0.15, 0.2) is 89.4 Å². The van der Waals surface area contributed by atoms with E-state index in [0.717, 1.165) is 18.8 Å². The van der Waals surface area contributed by atoms with Crippen molar-refractivity contribution in [3.05, 3.63) is 84.9 Å². The Morgan fingerprint density at radius 1 is 0.795 bits per heavy atom. The normalized spacial score (nSPS) is 12.0. The highest BCUT2D eigenvalue weighted by Crippen LogP contribution is 2.13. The molecule has 0 atom stereocenters. The highest BCUT2D eigenvalue weighted by atomic mass is 15.2. The van der Waals surface area contributed by atoms with E-state index in [1.807, 2.05) is 80.8 Å². The van der Waals surface area contributed by atoms with Crippen molar-refractivity contribution in [3.8, 4) is 0 Å². The third kappa shape index (κ3) is 14.4. The van der Waals surface area contributed by atoms with Crippen LogP contribution in [-0.4, -0.2) is 56.7 Å². The van der Waals surface area contributed by atoms with Gasteiger partial charge >= 0.3 is 0 Å². The number of benzene rings is 2. The van der Waals surface area contributed by atoms with Crippen LogP contribution in [0, 0.1) is 0 Å². The summed E-state index contributed by atoms with van der Waals surface area (Å²) in [6.45, 7) is 23.4. The lowest BCUT2D eigenvalue weighted by molar-refractivity contribution is 0.255. The van der Waals surface area contributed by atoms with Gasteiger partial charge in [-0.25, -0.2) is 9.98 Å². The molecule has 3 aromatic rings. The highest BCUT2D eigenvalue weighted by molar-refractivity contribution is 5.61. The molecule has 0 amide bonds. The lowest BCUT2D eigenvalue weighted by Gasteiger charge is -2.32. The van der Waals surface area contributed by atoms with Gasteiger partial charge in [-0.05, 0) is 86.9 Å². The number of para-hydroxylation sites is 1. The van der Waals surface area contributed by atoms with Gasteiger partial charge in [0.1, 0.15) is 0 Å². The first kappa shape index (κ1) is 33.6. The van der Waals surface area contributed by atoms with Crippen LogP contribution in [0.1, 0.15) is 74.8 Å². The standard InChI is InChI=1S/C14H22N2.C12H18N2.C7H12N2/c1-5-16(14(2,3)4)12-15-11-13-9-7-6-8-10-13;1-12(2,3)14(4)10-13-11-8-6-5-7-9-11;1-7(2,3)9-5-4-8-6-9/h6-10,12H,5,11H2,1-4H3;5-10H,1-4H3;4-6H,1-3H3. The summed E-state index contributed by atoms with van der Waals surface area (Å²) in [6.07, 6.45) is 9.44. The van der Waals surface area contributed by atoms with Crippen LogP contribution < -0.4 is 0 Å². The number of aromatic nitrogens is 2. The van der Waals surface area contributed by atoms with Crippen LogP contribution in [-0.2, 0) is 12.1 Å². The molecule has 39 heavy (non-hydrogen) atoms. The Bertz CT molecular complexity index is 1070. The molecule has 1 heterocycles. The number of hydrogen-bond acceptors (Lipinski definition) is 3. The largest absolute Gasteiger partial charge is 0.361 e. The van der Waals surface area contributed by atoms with E-state index in [0.29, 0.717) is 0 Å². The molecular weight excluding hydrogens is 480 g/mol. The van der Waals surface area contributed by atoms with Crippen LogP contribution >= 0.6 is 0 Å². The Morgan fingerprint density at radius 3 is 1.77 bits per heavy atom. The topological polar surface area (TPSA) is 49.0 Å². The lowest BCUT2D eigenvalue weighted by atomic mass is 10.1. The SMILES string of the molecule is CC(C)(C)n1ccnc1.CCN(C=NCc1ccccc1)C(C)(C)C.CN(C=Nc1ccccc1)C(C)(C)C. The molecule has 3 rings (SSSR count). The van der Waals surface area contributed by atoms with E-state index < -0.39 is 0 Å². The number of aliphatic imine (C=N–C) groups is 2. The minimum atomic E-state index is 0.123. The fourth-order valence-corrected chi connectivity index (χ4v) is 3.05. The van der Waals surface area contributed by atoms with Crippen LogP contribution in [0.4, 0.5) is 5.69 Å². The van der Waals surface area contributed by atoms with E-state index in [-0.39, 0.29) is 16.6 Å². The maximum atomic E-state index is 4.48. The van der Waals surface area contributed by atoms with Crippen LogP contribution in [0.2, 0.25) is 0 Å². The first-order chi connectivity index (χ1) is 18.1. The van der Waals surface area contributed by atoms with Crippen molar-refractivity contribution in [2.75, 3.05) is 13.6 Å². The van der Waals surface area contributed by atoms with E-state index in [9.17, 15) is 0 Å². The van der Waals surface area contributed by atoms with Crippen molar-refractivity contribution in [2.24, 2.45) is 9.98 Å². The zero-order chi connectivity index (χ0) is 29.5. The number of imidazole rings is 1. The molecule has 0 bridgehead atoms. The van der Waals surface area contributed by atoms with E-state index in [4.69, 9.17) is 0 Å². The predicted octanol–water partition coefficient (Wildman–Crippen LogP) is 8.05. The van der Waals surface area contributed by atoms with Gasteiger partial charge in [0.05, 0.1) is 31.2 Å². The van der Waals surface area contributed by atoms with E-state index in [1.54, 1.807) is 6.20 Å². The number of nitrogens with zero attached hydrogens (tertiary/aromatic N) is 6. The molecule has 0 N–H and O–H groups in total. The van der Waals surface area contributed by atoms with Crippen molar-refractivity contribution in [1.82, 2.24) is 19.4 Å². The molecule has 0 saturated heterocycles. The Morgan fingerprint density at radius 2 is 1.36 bits per heavy atom. The average Bonchev–Trinajstić information content (AvgIpc) is 3.42. The van der Waals surface area contributed by atoms with Gasteiger partial charge in [-0.15, -0.1) is 0 Å². The molecule has 0 unspecified atom stereocenters. The van der Waals surface area contributed by atoms with Crippen molar-refractivity contribution in [1.29, 1.82) is 0 Å². The molecule has 0 radical (unpaired) electrons. The second kappa shape index (κ2) is 15.9. The van der Waals surface area contributed by atoms with Gasteiger partial charge in [0.15, 0.2) is 0 Å². The van der Waals surface area contributed by atoms with Gasteiger partial charge in [0.2, 0.25) is 0 Å². The van der Waals surface area contributed by atoms with Gasteiger partial charge in [-0.3, -0.25) is 4.99 Å². The average molecular weight is 533 g/mol. The smallest absolute Gasteiger partial charge is 0.0950 e. The Hall–Kier alpha value is -3.41. The fourth-order valence-electron chi connectivity index (χ4n) is 3.05. The zero-order valence-electron chi connectivity index (χ0n) is 26.3. The molecule has 0 aliphatic carbocycles. The molecule has 0 saturated carbocycles. The summed E-state index contributed by atoms with van der Waals surface area (Å²) in [5.74, 6) is 0. The maximum absolute atomic E-state index is 4.48. The lowest BCUT2D eigenvalue weighted by Crippen LogP contribution is -2.40. The molecule has 1 aromatic heterocycles. The van der Waals surface area contributed by atoms with Crippen LogP contribution in [0.3, 0.4) is 0 Å². The summed E-state index contributed by atoms with van der Waals surface area (Å²) in [5, 5.41) is 0. The number of hydrogen-bond donors (Lipinski definition) is 0. The van der Waals surface area contributed by atoms with Crippen LogP contribution in [0.25, 0.3) is 0 Å². The van der Waals surface area contributed by atoms with E-state index in [1.165, 1.54) is 5.56 Å². The van der Waals surface area contributed by atoms with E-state index >= 15 is 0 Å². The first-order valence-corrected chi connectivity index (χ1v) is 13.8. The molecular formula is C33H52N6. The second-order valence-corrected chi connectivity index (χ2v) is 12.4. The summed E-state index contributed by atoms with van der Waals surface area (Å²) in [4.78, 5) is 17.1. The maximum Gasteiger partial charge on any atom is 0.0950 e. The summed E-state index contributed by atoms with van der Waals surface area (Å²) >= 11 is 0. The minimum Gasteiger partial charge on any atom is -0.361 e. The van der Waals surface area contributed by atoms with E-state index in [2.05, 4.69) is 111 Å². The van der Waals surface area contributed by atoms with Gasteiger partial charge in [0, 0.05) is 42.6 Å². The molecule has 6 nitrogen and oxygen atoms in total. The third-order valence-electron chi connectivity index (χ3n) is 6.01. The molecule has 0 aliphatic heterocycles. The zero-order valence-corrected chi connectivity index (χ0v) is 26.3. The predicted molar refractivity (Wildman–Crippen MR) is 170 cm³/mol. The summed E-state index contributed by atoms with van der Waals surface area (Å²) in [6, 6.07) is 20.3. The van der Waals surface area contributed by atoms with Crippen molar-refractivity contribution >= 4 is 18.4 Å². The monoisotopic (exact) mass is 532 g/mol. The first-order valence-electron chi connectivity index (χ1n) is 13.8. The van der Waals surface area contributed by atoms with Crippen molar-refractivity contribution < 1.29 is 0 Å². The van der Waals surface area contributed by atoms with Gasteiger partial charge < -0.3 is 14.4 Å². The van der Waals surface area contributed by atoms with Gasteiger partial charge in [-0.2, -0.15) is 0 Å². The van der Waals surface area contributed by atoms with Gasteiger partial charge in [0.25, 0.3) is 0 Å². The molecule has 6 heteroatoms. The molecule has 0 fully saturated rings. The Kier molecular flexibility index (Phi) is 13.7. The van der Waals surface area contributed by atoms with Gasteiger partial charge in [-0.1, -0.05) is 48.5 Å². The highest BCUT2D eigenvalue weighted by Gasteiger charge is 2.16. The molecule has 2 aromatic carbocycles. The second-order valence-electron chi connectivity index (χ2n) is 12.4.